The quantitative estimate of drug-likeness (QED) is 0.828. The molecular weight excluding hydrogens is 359 g/mol. The molecule has 0 aliphatic carbocycles. The van der Waals surface area contributed by atoms with Crippen molar-refractivity contribution in [3.8, 4) is 0 Å². The van der Waals surface area contributed by atoms with Crippen molar-refractivity contribution in [3.05, 3.63) is 65.5 Å². The highest BCUT2D eigenvalue weighted by Gasteiger charge is 2.56. The molecule has 2 aliphatic heterocycles. The van der Waals surface area contributed by atoms with Gasteiger partial charge in [-0.1, -0.05) is 30.3 Å². The first-order valence-corrected chi connectivity index (χ1v) is 9.69. The Bertz CT molecular complexity index is 845. The van der Waals surface area contributed by atoms with Crippen molar-refractivity contribution in [2.24, 2.45) is 5.92 Å². The molecule has 2 aliphatic rings. The molecule has 6 heteroatoms. The second-order valence-corrected chi connectivity index (χ2v) is 7.50. The van der Waals surface area contributed by atoms with E-state index in [-0.39, 0.29) is 17.6 Å². The van der Waals surface area contributed by atoms with Gasteiger partial charge < -0.3 is 10.1 Å². The summed E-state index contributed by atoms with van der Waals surface area (Å²) in [5, 5.41) is 4.65. The van der Waals surface area contributed by atoms with Crippen molar-refractivity contribution in [1.82, 2.24) is 5.06 Å². The number of amides is 1. The number of fused-ring (bicyclic) bond motifs is 1. The van der Waals surface area contributed by atoms with E-state index in [1.165, 1.54) is 18.6 Å². The molecule has 28 heavy (non-hydrogen) atoms. The summed E-state index contributed by atoms with van der Waals surface area (Å²) in [7, 11) is 0. The highest BCUT2D eigenvalue weighted by atomic mass is 19.1. The van der Waals surface area contributed by atoms with Crippen molar-refractivity contribution in [1.29, 1.82) is 0 Å². The third kappa shape index (κ3) is 3.55. The maximum atomic E-state index is 14.9. The first kappa shape index (κ1) is 19.1. The van der Waals surface area contributed by atoms with Gasteiger partial charge in [-0.15, -0.1) is 0 Å². The first-order valence-electron chi connectivity index (χ1n) is 9.69. The predicted molar refractivity (Wildman–Crippen MR) is 104 cm³/mol. The summed E-state index contributed by atoms with van der Waals surface area (Å²) in [5.41, 5.74) is 1.72. The van der Waals surface area contributed by atoms with Crippen molar-refractivity contribution < 1.29 is 18.8 Å². The summed E-state index contributed by atoms with van der Waals surface area (Å²) in [6.07, 6.45) is 1.82. The molecule has 5 nitrogen and oxygen atoms in total. The number of rotatable bonds is 6. The van der Waals surface area contributed by atoms with Crippen LogP contribution in [0.5, 0.6) is 0 Å². The molecule has 0 saturated carbocycles. The van der Waals surface area contributed by atoms with E-state index in [2.05, 4.69) is 17.4 Å². The standard InChI is InChI=1S/C22H25FN2O3/c1-16(26)24-19-9-10-21(23)20(12-19)22-15-27-13-18(22)14-28-25(22)11-5-8-17-6-3-2-4-7-17/h2-4,6-7,9-10,12,18H,5,8,11,13-15H2,1H3,(H,24,26)/t18-,22-/m0/s1. The van der Waals surface area contributed by atoms with Gasteiger partial charge in [0, 0.05) is 30.6 Å². The highest BCUT2D eigenvalue weighted by molar-refractivity contribution is 5.88. The van der Waals surface area contributed by atoms with Crippen LogP contribution in [0.25, 0.3) is 0 Å². The van der Waals surface area contributed by atoms with Crippen LogP contribution in [-0.2, 0) is 26.3 Å². The SMILES string of the molecule is CC(=O)Nc1ccc(F)c([C@]23COC[C@H]2CON3CCCc2ccccc2)c1. The van der Waals surface area contributed by atoms with Crippen molar-refractivity contribution in [2.45, 2.75) is 25.3 Å². The lowest BCUT2D eigenvalue weighted by Crippen LogP contribution is -2.46. The molecule has 2 fully saturated rings. The molecule has 2 aromatic carbocycles. The Hall–Kier alpha value is -2.28. The van der Waals surface area contributed by atoms with Crippen LogP contribution in [0.4, 0.5) is 10.1 Å². The number of hydrogen-bond donors (Lipinski definition) is 1. The molecule has 0 spiro atoms. The molecule has 1 N–H and O–H groups in total. The normalized spacial score (nSPS) is 24.3. The number of carbonyl (C=O) groups is 1. The fraction of sp³-hybridized carbons (Fsp3) is 0.409. The third-order valence-electron chi connectivity index (χ3n) is 5.62. The van der Waals surface area contributed by atoms with Crippen LogP contribution < -0.4 is 5.32 Å². The summed E-state index contributed by atoms with van der Waals surface area (Å²) in [5.74, 6) is -0.425. The van der Waals surface area contributed by atoms with Gasteiger partial charge in [0.05, 0.1) is 19.8 Å². The predicted octanol–water partition coefficient (Wildman–Crippen LogP) is 3.51. The van der Waals surface area contributed by atoms with Gasteiger partial charge in [0.15, 0.2) is 0 Å². The molecule has 2 heterocycles. The van der Waals surface area contributed by atoms with Gasteiger partial charge in [0.1, 0.15) is 11.4 Å². The smallest absolute Gasteiger partial charge is 0.221 e. The molecule has 0 bridgehead atoms. The summed E-state index contributed by atoms with van der Waals surface area (Å²) in [6.45, 7) is 3.55. The zero-order valence-corrected chi connectivity index (χ0v) is 16.0. The van der Waals surface area contributed by atoms with Gasteiger partial charge in [0.25, 0.3) is 0 Å². The van der Waals surface area contributed by atoms with Crippen LogP contribution in [0.15, 0.2) is 48.5 Å². The van der Waals surface area contributed by atoms with E-state index in [1.54, 1.807) is 12.1 Å². The van der Waals surface area contributed by atoms with Gasteiger partial charge in [-0.3, -0.25) is 9.63 Å². The maximum Gasteiger partial charge on any atom is 0.221 e. The van der Waals surface area contributed by atoms with E-state index in [9.17, 15) is 9.18 Å². The number of halogens is 1. The molecule has 2 saturated heterocycles. The van der Waals surface area contributed by atoms with E-state index in [0.29, 0.717) is 37.6 Å². The Labute approximate surface area is 164 Å². The van der Waals surface area contributed by atoms with Gasteiger partial charge in [-0.05, 0) is 36.6 Å². The number of anilines is 1. The lowest BCUT2D eigenvalue weighted by atomic mass is 9.80. The molecule has 0 unspecified atom stereocenters. The maximum absolute atomic E-state index is 14.9. The number of nitrogens with one attached hydrogen (secondary N) is 1. The van der Waals surface area contributed by atoms with Crippen LogP contribution in [0.3, 0.4) is 0 Å². The van der Waals surface area contributed by atoms with Crippen molar-refractivity contribution in [2.75, 3.05) is 31.7 Å². The number of hydroxylamine groups is 2. The summed E-state index contributed by atoms with van der Waals surface area (Å²) >= 11 is 0. The van der Waals surface area contributed by atoms with Crippen molar-refractivity contribution in [3.63, 3.8) is 0 Å². The lowest BCUT2D eigenvalue weighted by molar-refractivity contribution is -0.176. The molecule has 2 aromatic rings. The van der Waals surface area contributed by atoms with Gasteiger partial charge >= 0.3 is 0 Å². The topological polar surface area (TPSA) is 50.8 Å². The second kappa shape index (κ2) is 7.99. The second-order valence-electron chi connectivity index (χ2n) is 7.50. The average molecular weight is 384 g/mol. The Morgan fingerprint density at radius 3 is 2.86 bits per heavy atom. The van der Waals surface area contributed by atoms with Crippen LogP contribution in [0.2, 0.25) is 0 Å². The van der Waals surface area contributed by atoms with E-state index in [4.69, 9.17) is 9.57 Å². The van der Waals surface area contributed by atoms with Crippen LogP contribution >= 0.6 is 0 Å². The number of nitrogens with zero attached hydrogens (tertiary/aromatic N) is 1. The fourth-order valence-corrected chi connectivity index (χ4v) is 4.27. The summed E-state index contributed by atoms with van der Waals surface area (Å²) in [6, 6.07) is 15.0. The molecule has 1 amide bonds. The highest BCUT2D eigenvalue weighted by Crippen LogP contribution is 2.47. The zero-order chi connectivity index (χ0) is 19.6. The molecule has 148 valence electrons. The summed E-state index contributed by atoms with van der Waals surface area (Å²) in [4.78, 5) is 17.4. The van der Waals surface area contributed by atoms with Crippen LogP contribution in [0.1, 0.15) is 24.5 Å². The molecule has 0 radical (unpaired) electrons. The average Bonchev–Trinajstić information content (AvgIpc) is 3.24. The van der Waals surface area contributed by atoms with E-state index >= 15 is 0 Å². The van der Waals surface area contributed by atoms with Gasteiger partial charge in [0.2, 0.25) is 5.91 Å². The number of hydrogen-bond acceptors (Lipinski definition) is 4. The van der Waals surface area contributed by atoms with E-state index in [1.807, 2.05) is 23.3 Å². The Balaban J connectivity index is 1.58. The van der Waals surface area contributed by atoms with Crippen LogP contribution in [-0.4, -0.2) is 37.3 Å². The fourth-order valence-electron chi connectivity index (χ4n) is 4.27. The Morgan fingerprint density at radius 1 is 1.25 bits per heavy atom. The van der Waals surface area contributed by atoms with Crippen LogP contribution in [0, 0.1) is 11.7 Å². The van der Waals surface area contributed by atoms with E-state index in [0.717, 1.165) is 12.8 Å². The van der Waals surface area contributed by atoms with Gasteiger partial charge in [-0.25, -0.2) is 4.39 Å². The van der Waals surface area contributed by atoms with Gasteiger partial charge in [-0.2, -0.15) is 5.06 Å². The van der Waals surface area contributed by atoms with Crippen molar-refractivity contribution >= 4 is 11.6 Å². The molecule has 4 rings (SSSR count). The minimum atomic E-state index is -0.657. The number of ether oxygens (including phenoxy) is 1. The Kier molecular flexibility index (Phi) is 5.44. The monoisotopic (exact) mass is 384 g/mol. The largest absolute Gasteiger partial charge is 0.379 e. The summed E-state index contributed by atoms with van der Waals surface area (Å²) < 4.78 is 20.7. The molecule has 2 atom stereocenters. The van der Waals surface area contributed by atoms with E-state index < -0.39 is 5.54 Å². The zero-order valence-electron chi connectivity index (χ0n) is 16.0. The number of aryl methyl sites for hydroxylation is 1. The minimum Gasteiger partial charge on any atom is -0.379 e. The minimum absolute atomic E-state index is 0.0614. The lowest BCUT2D eigenvalue weighted by Gasteiger charge is -2.36. The third-order valence-corrected chi connectivity index (χ3v) is 5.62. The Morgan fingerprint density at radius 2 is 2.07 bits per heavy atom. The number of carbonyl (C=O) groups excluding carboxylic acids is 1. The molecular formula is C22H25FN2O3. The molecule has 0 aromatic heterocycles. The number of benzene rings is 2. The first-order chi connectivity index (χ1) is 13.6.